The summed E-state index contributed by atoms with van der Waals surface area (Å²) in [4.78, 5) is 24.8. The molecule has 1 atom stereocenters. The summed E-state index contributed by atoms with van der Waals surface area (Å²) < 4.78 is 0. The van der Waals surface area contributed by atoms with Gasteiger partial charge in [-0.3, -0.25) is 9.69 Å². The number of benzene rings is 1. The molecule has 21 heavy (non-hydrogen) atoms. The molecule has 1 unspecified atom stereocenters. The lowest BCUT2D eigenvalue weighted by Crippen LogP contribution is -2.46. The van der Waals surface area contributed by atoms with E-state index in [1.807, 2.05) is 52.0 Å². The largest absolute Gasteiger partial charge is 0.481 e. The van der Waals surface area contributed by atoms with Gasteiger partial charge in [0.15, 0.2) is 0 Å². The van der Waals surface area contributed by atoms with Gasteiger partial charge in [-0.2, -0.15) is 0 Å². The van der Waals surface area contributed by atoms with Crippen LogP contribution in [-0.4, -0.2) is 29.7 Å². The number of aryl methyl sites for hydroxylation is 1. The van der Waals surface area contributed by atoms with E-state index >= 15 is 0 Å². The van der Waals surface area contributed by atoms with Crippen LogP contribution in [0.5, 0.6) is 0 Å². The molecule has 0 aliphatic heterocycles. The van der Waals surface area contributed by atoms with E-state index < -0.39 is 5.97 Å². The first-order valence-corrected chi connectivity index (χ1v) is 7.18. The predicted octanol–water partition coefficient (Wildman–Crippen LogP) is 3.03. The zero-order chi connectivity index (χ0) is 16.0. The van der Waals surface area contributed by atoms with Crippen molar-refractivity contribution in [2.75, 3.05) is 11.4 Å². The summed E-state index contributed by atoms with van der Waals surface area (Å²) in [6.07, 6.45) is -0.0855. The summed E-state index contributed by atoms with van der Waals surface area (Å²) in [5.74, 6) is -0.606. The maximum absolute atomic E-state index is 12.4. The van der Waals surface area contributed by atoms with Gasteiger partial charge in [-0.25, -0.2) is 4.79 Å². The molecule has 0 aliphatic rings. The van der Waals surface area contributed by atoms with Gasteiger partial charge in [0.25, 0.3) is 0 Å². The molecule has 0 fully saturated rings. The Kier molecular flexibility index (Phi) is 6.21. The van der Waals surface area contributed by atoms with Crippen LogP contribution in [0.4, 0.5) is 10.5 Å². The molecule has 0 bridgehead atoms. The maximum Gasteiger partial charge on any atom is 0.322 e. The molecule has 0 heterocycles. The number of urea groups is 1. The van der Waals surface area contributed by atoms with Crippen LogP contribution in [0.3, 0.4) is 0 Å². The Balaban J connectivity index is 2.94. The molecular weight excluding hydrogens is 268 g/mol. The van der Waals surface area contributed by atoms with Crippen LogP contribution in [-0.2, 0) is 4.79 Å². The summed E-state index contributed by atoms with van der Waals surface area (Å²) in [5.41, 5.74) is 1.68. The Morgan fingerprint density at radius 3 is 2.38 bits per heavy atom. The summed E-state index contributed by atoms with van der Waals surface area (Å²) in [7, 11) is 0. The molecule has 1 aromatic rings. The second-order valence-electron chi connectivity index (χ2n) is 5.56. The average molecular weight is 292 g/mol. The number of nitrogens with zero attached hydrogens (tertiary/aromatic N) is 1. The van der Waals surface area contributed by atoms with Crippen LogP contribution in [0.2, 0.25) is 0 Å². The molecule has 0 saturated heterocycles. The van der Waals surface area contributed by atoms with E-state index in [9.17, 15) is 9.59 Å². The number of aliphatic carboxylic acids is 1. The van der Waals surface area contributed by atoms with Crippen LogP contribution in [0.1, 0.15) is 32.8 Å². The van der Waals surface area contributed by atoms with E-state index in [4.69, 9.17) is 5.11 Å². The Hall–Kier alpha value is -2.04. The summed E-state index contributed by atoms with van der Waals surface area (Å²) >= 11 is 0. The van der Waals surface area contributed by atoms with E-state index in [1.54, 1.807) is 0 Å². The molecule has 5 nitrogen and oxygen atoms in total. The van der Waals surface area contributed by atoms with Gasteiger partial charge in [0.1, 0.15) is 0 Å². The molecule has 0 spiro atoms. The number of anilines is 1. The van der Waals surface area contributed by atoms with E-state index in [0.29, 0.717) is 5.92 Å². The van der Waals surface area contributed by atoms with Gasteiger partial charge in [0.05, 0.1) is 6.42 Å². The fourth-order valence-corrected chi connectivity index (χ4v) is 1.84. The summed E-state index contributed by atoms with van der Waals surface area (Å²) in [6.45, 7) is 8.05. The monoisotopic (exact) mass is 292 g/mol. The highest BCUT2D eigenvalue weighted by atomic mass is 16.4. The topological polar surface area (TPSA) is 69.6 Å². The quantitative estimate of drug-likeness (QED) is 0.846. The van der Waals surface area contributed by atoms with Crippen molar-refractivity contribution in [3.05, 3.63) is 29.8 Å². The Morgan fingerprint density at radius 1 is 1.24 bits per heavy atom. The third-order valence-electron chi connectivity index (χ3n) is 3.55. The number of nitrogens with one attached hydrogen (secondary N) is 1. The van der Waals surface area contributed by atoms with Crippen molar-refractivity contribution < 1.29 is 14.7 Å². The van der Waals surface area contributed by atoms with E-state index in [0.717, 1.165) is 11.3 Å². The number of carboxylic acids is 1. The number of carbonyl (C=O) groups excluding carboxylic acids is 1. The molecule has 5 heteroatoms. The highest BCUT2D eigenvalue weighted by molar-refractivity contribution is 5.93. The minimum Gasteiger partial charge on any atom is -0.481 e. The third-order valence-corrected chi connectivity index (χ3v) is 3.55. The summed E-state index contributed by atoms with van der Waals surface area (Å²) in [6, 6.07) is 7.23. The second-order valence-corrected chi connectivity index (χ2v) is 5.56. The summed E-state index contributed by atoms with van der Waals surface area (Å²) in [5, 5.41) is 11.8. The minimum absolute atomic E-state index is 0.0221. The maximum atomic E-state index is 12.4. The third kappa shape index (κ3) is 5.10. The number of hydrogen-bond acceptors (Lipinski definition) is 2. The van der Waals surface area contributed by atoms with Gasteiger partial charge in [-0.1, -0.05) is 32.0 Å². The molecule has 2 N–H and O–H groups in total. The van der Waals surface area contributed by atoms with Gasteiger partial charge < -0.3 is 10.4 Å². The van der Waals surface area contributed by atoms with Crippen molar-refractivity contribution in [3.8, 4) is 0 Å². The SMILES string of the molecule is Cc1ccccc1N(CCC(=O)O)C(=O)NC(C)C(C)C. The zero-order valence-electron chi connectivity index (χ0n) is 13.1. The number of carboxylic acid groups (broad SMARTS) is 1. The Bertz CT molecular complexity index is 500. The Morgan fingerprint density at radius 2 is 1.86 bits per heavy atom. The van der Waals surface area contributed by atoms with Gasteiger partial charge >= 0.3 is 12.0 Å². The molecule has 116 valence electrons. The van der Waals surface area contributed by atoms with Crippen LogP contribution in [0.25, 0.3) is 0 Å². The first kappa shape index (κ1) is 17.0. The number of amides is 2. The zero-order valence-corrected chi connectivity index (χ0v) is 13.1. The van der Waals surface area contributed by atoms with E-state index in [-0.39, 0.29) is 25.0 Å². The highest BCUT2D eigenvalue weighted by Gasteiger charge is 2.20. The minimum atomic E-state index is -0.918. The van der Waals surface area contributed by atoms with Crippen molar-refractivity contribution in [1.82, 2.24) is 5.32 Å². The number of hydrogen-bond donors (Lipinski definition) is 2. The van der Waals surface area contributed by atoms with Crippen LogP contribution < -0.4 is 10.2 Å². The van der Waals surface area contributed by atoms with Crippen molar-refractivity contribution in [1.29, 1.82) is 0 Å². The number of para-hydroxylation sites is 1. The molecular formula is C16H24N2O3. The fraction of sp³-hybridized carbons (Fsp3) is 0.500. The molecule has 2 amide bonds. The molecule has 1 aromatic carbocycles. The fourth-order valence-electron chi connectivity index (χ4n) is 1.84. The van der Waals surface area contributed by atoms with Crippen molar-refractivity contribution in [2.24, 2.45) is 5.92 Å². The predicted molar refractivity (Wildman–Crippen MR) is 83.6 cm³/mol. The molecule has 0 radical (unpaired) electrons. The van der Waals surface area contributed by atoms with Crippen molar-refractivity contribution in [2.45, 2.75) is 40.2 Å². The lowest BCUT2D eigenvalue weighted by atomic mass is 10.1. The lowest BCUT2D eigenvalue weighted by Gasteiger charge is -2.27. The highest BCUT2D eigenvalue weighted by Crippen LogP contribution is 2.20. The van der Waals surface area contributed by atoms with Crippen molar-refractivity contribution in [3.63, 3.8) is 0 Å². The lowest BCUT2D eigenvalue weighted by molar-refractivity contribution is -0.136. The molecule has 1 rings (SSSR count). The van der Waals surface area contributed by atoms with E-state index in [1.165, 1.54) is 4.90 Å². The standard InChI is InChI=1S/C16H24N2O3/c1-11(2)13(4)17-16(21)18(10-9-15(19)20)14-8-6-5-7-12(14)3/h5-8,11,13H,9-10H2,1-4H3,(H,17,21)(H,19,20). The number of rotatable bonds is 6. The molecule has 0 saturated carbocycles. The number of carbonyl (C=O) groups is 2. The normalized spacial score (nSPS) is 12.0. The Labute approximate surface area is 126 Å². The first-order valence-electron chi connectivity index (χ1n) is 7.18. The van der Waals surface area contributed by atoms with Gasteiger partial charge in [-0.05, 0) is 31.4 Å². The van der Waals surface area contributed by atoms with Crippen molar-refractivity contribution >= 4 is 17.7 Å². The molecule has 0 aromatic heterocycles. The average Bonchev–Trinajstić information content (AvgIpc) is 2.40. The van der Waals surface area contributed by atoms with Crippen LogP contribution >= 0.6 is 0 Å². The van der Waals surface area contributed by atoms with Gasteiger partial charge in [0.2, 0.25) is 0 Å². The van der Waals surface area contributed by atoms with Gasteiger partial charge in [-0.15, -0.1) is 0 Å². The molecule has 0 aliphatic carbocycles. The smallest absolute Gasteiger partial charge is 0.322 e. The second kappa shape index (κ2) is 7.67. The van der Waals surface area contributed by atoms with E-state index in [2.05, 4.69) is 5.32 Å². The first-order chi connectivity index (χ1) is 9.82. The van der Waals surface area contributed by atoms with Crippen LogP contribution in [0.15, 0.2) is 24.3 Å². The van der Waals surface area contributed by atoms with Crippen LogP contribution in [0, 0.1) is 12.8 Å². The van der Waals surface area contributed by atoms with Gasteiger partial charge in [0, 0.05) is 18.3 Å².